The molecule has 0 unspecified atom stereocenters. The van der Waals surface area contributed by atoms with Crippen molar-refractivity contribution in [1.29, 1.82) is 0 Å². The van der Waals surface area contributed by atoms with Crippen molar-refractivity contribution in [3.8, 4) is 0 Å². The minimum atomic E-state index is -0.672. The van der Waals surface area contributed by atoms with Crippen LogP contribution < -0.4 is 5.32 Å². The number of aliphatic hydroxyl groups excluding tert-OH is 4. The maximum absolute atomic E-state index is 12.2. The number of aliphatic hydroxyl groups is 4. The molecule has 4 atom stereocenters. The van der Waals surface area contributed by atoms with E-state index in [9.17, 15) is 19.8 Å². The molecule has 0 spiro atoms. The molecule has 30 heavy (non-hydrogen) atoms. The van der Waals surface area contributed by atoms with Crippen LogP contribution in [0.25, 0.3) is 0 Å². The topological polar surface area (TPSA) is 127 Å². The molecule has 1 aliphatic rings. The quantitative estimate of drug-likeness (QED) is 0.200. The van der Waals surface area contributed by atoms with Gasteiger partial charge in [0.15, 0.2) is 0 Å². The van der Waals surface area contributed by atoms with E-state index in [4.69, 9.17) is 10.2 Å². The summed E-state index contributed by atoms with van der Waals surface area (Å²) in [6.07, 6.45) is 12.2. The Bertz CT molecular complexity index is 558. The Morgan fingerprint density at radius 2 is 1.93 bits per heavy atom. The van der Waals surface area contributed by atoms with Gasteiger partial charge in [-0.05, 0) is 25.7 Å². The van der Waals surface area contributed by atoms with Gasteiger partial charge < -0.3 is 25.7 Å². The number of carbonyl (C=O) groups is 2. The van der Waals surface area contributed by atoms with E-state index in [-0.39, 0.29) is 43.2 Å². The summed E-state index contributed by atoms with van der Waals surface area (Å²) in [6.45, 7) is 1.52. The molecule has 1 amide bonds. The fraction of sp³-hybridized carbons (Fsp3) is 0.739. The average molecular weight is 426 g/mol. The van der Waals surface area contributed by atoms with Crippen molar-refractivity contribution in [3.05, 3.63) is 24.3 Å². The normalized spacial score (nSPS) is 23.1. The smallest absolute Gasteiger partial charge is 0.220 e. The summed E-state index contributed by atoms with van der Waals surface area (Å²) in [5.41, 5.74) is 0. The largest absolute Gasteiger partial charge is 0.394 e. The molecule has 5 N–H and O–H groups in total. The number of amides is 1. The first kappa shape index (κ1) is 26.5. The maximum Gasteiger partial charge on any atom is 0.220 e. The molecule has 1 fully saturated rings. The molecular formula is C23H39NO6. The summed E-state index contributed by atoms with van der Waals surface area (Å²) in [5.74, 6) is -0.760. The van der Waals surface area contributed by atoms with E-state index >= 15 is 0 Å². The predicted octanol–water partition coefficient (Wildman–Crippen LogP) is 1.64. The van der Waals surface area contributed by atoms with Crippen LogP contribution in [0.1, 0.15) is 64.7 Å². The van der Waals surface area contributed by atoms with E-state index in [0.717, 1.165) is 19.3 Å². The highest BCUT2D eigenvalue weighted by atomic mass is 16.3. The lowest BCUT2D eigenvalue weighted by Crippen LogP contribution is -2.39. The summed E-state index contributed by atoms with van der Waals surface area (Å²) in [5, 5.41) is 40.7. The Labute approximate surface area is 179 Å². The zero-order chi connectivity index (χ0) is 22.4. The van der Waals surface area contributed by atoms with Crippen LogP contribution in [0.15, 0.2) is 24.3 Å². The second-order valence-corrected chi connectivity index (χ2v) is 8.10. The highest BCUT2D eigenvalue weighted by molar-refractivity contribution is 5.86. The predicted molar refractivity (Wildman–Crippen MR) is 116 cm³/mol. The van der Waals surface area contributed by atoms with Gasteiger partial charge in [0.25, 0.3) is 0 Å². The molecule has 7 nitrogen and oxygen atoms in total. The minimum absolute atomic E-state index is 0.0110. The van der Waals surface area contributed by atoms with E-state index in [1.807, 2.05) is 12.2 Å². The van der Waals surface area contributed by atoms with Crippen LogP contribution in [-0.4, -0.2) is 63.6 Å². The molecule has 0 aromatic rings. The van der Waals surface area contributed by atoms with Crippen molar-refractivity contribution in [3.63, 3.8) is 0 Å². The standard InChI is InChI=1S/C23H39NO6/c1-2-3-6-9-18(27)12-13-20-19(21(28)14-22(20)29)10-7-4-5-8-11-23(30)24-17(15-25)16-26/h4,7,12-13,17-21,25-28H,2-3,5-6,8-11,14-16H2,1H3,(H,24,30)/t18-,19-,20-,21+/m1/s1. The Kier molecular flexibility index (Phi) is 13.5. The monoisotopic (exact) mass is 425 g/mol. The number of Topliss-reactive ketones (excluding diaryl/α,β-unsaturated/α-hetero) is 1. The summed E-state index contributed by atoms with van der Waals surface area (Å²) in [4.78, 5) is 23.9. The number of ketones is 1. The van der Waals surface area contributed by atoms with Crippen molar-refractivity contribution in [2.45, 2.75) is 83.0 Å². The SMILES string of the molecule is CCCCC[C@@H](O)C=C[C@H]1C(=O)C[C@H](O)[C@@H]1CC=CCCCC(=O)NC(CO)CO. The number of carbonyl (C=O) groups excluding carboxylic acids is 2. The van der Waals surface area contributed by atoms with Gasteiger partial charge in [0.05, 0.1) is 31.5 Å². The third-order valence-corrected chi connectivity index (χ3v) is 5.54. The molecule has 1 aliphatic carbocycles. The van der Waals surface area contributed by atoms with Crippen LogP contribution in [0, 0.1) is 11.8 Å². The van der Waals surface area contributed by atoms with Gasteiger partial charge in [0.2, 0.25) is 5.91 Å². The van der Waals surface area contributed by atoms with Crippen LogP contribution in [0.2, 0.25) is 0 Å². The van der Waals surface area contributed by atoms with Crippen LogP contribution in [0.4, 0.5) is 0 Å². The molecule has 0 aromatic carbocycles. The molecule has 0 radical (unpaired) electrons. The first-order chi connectivity index (χ1) is 14.4. The van der Waals surface area contributed by atoms with E-state index < -0.39 is 18.2 Å². The van der Waals surface area contributed by atoms with Crippen LogP contribution in [0.3, 0.4) is 0 Å². The van der Waals surface area contributed by atoms with Gasteiger partial charge in [-0.1, -0.05) is 50.5 Å². The Morgan fingerprint density at radius 1 is 1.20 bits per heavy atom. The fourth-order valence-corrected chi connectivity index (χ4v) is 3.67. The molecule has 7 heteroatoms. The Balaban J connectivity index is 2.40. The molecule has 0 bridgehead atoms. The summed E-state index contributed by atoms with van der Waals surface area (Å²) >= 11 is 0. The van der Waals surface area contributed by atoms with Gasteiger partial charge in [-0.2, -0.15) is 0 Å². The third-order valence-electron chi connectivity index (χ3n) is 5.54. The van der Waals surface area contributed by atoms with Crippen molar-refractivity contribution < 1.29 is 30.0 Å². The molecule has 0 aromatic heterocycles. The molecule has 1 saturated carbocycles. The van der Waals surface area contributed by atoms with Gasteiger partial charge in [0.1, 0.15) is 5.78 Å². The Hall–Kier alpha value is -1.54. The summed E-state index contributed by atoms with van der Waals surface area (Å²) < 4.78 is 0. The van der Waals surface area contributed by atoms with Crippen LogP contribution in [-0.2, 0) is 9.59 Å². The molecule has 172 valence electrons. The number of hydrogen-bond donors (Lipinski definition) is 5. The van der Waals surface area contributed by atoms with Gasteiger partial charge >= 0.3 is 0 Å². The van der Waals surface area contributed by atoms with Gasteiger partial charge in [0, 0.05) is 24.7 Å². The van der Waals surface area contributed by atoms with Crippen molar-refractivity contribution in [2.24, 2.45) is 11.8 Å². The summed E-state index contributed by atoms with van der Waals surface area (Å²) in [6, 6.07) is -0.621. The van der Waals surface area contributed by atoms with E-state index in [1.54, 1.807) is 12.2 Å². The van der Waals surface area contributed by atoms with E-state index in [2.05, 4.69) is 12.2 Å². The molecule has 0 aliphatic heterocycles. The van der Waals surface area contributed by atoms with Gasteiger partial charge in [-0.3, -0.25) is 9.59 Å². The lowest BCUT2D eigenvalue weighted by atomic mass is 9.90. The molecule has 1 rings (SSSR count). The molecular weight excluding hydrogens is 386 g/mol. The lowest BCUT2D eigenvalue weighted by molar-refractivity contribution is -0.122. The van der Waals surface area contributed by atoms with E-state index in [0.29, 0.717) is 32.1 Å². The maximum atomic E-state index is 12.2. The third kappa shape index (κ3) is 9.98. The fourth-order valence-electron chi connectivity index (χ4n) is 3.67. The highest BCUT2D eigenvalue weighted by Crippen LogP contribution is 2.33. The highest BCUT2D eigenvalue weighted by Gasteiger charge is 2.39. The van der Waals surface area contributed by atoms with Gasteiger partial charge in [-0.15, -0.1) is 0 Å². The van der Waals surface area contributed by atoms with Crippen molar-refractivity contribution in [1.82, 2.24) is 5.32 Å². The van der Waals surface area contributed by atoms with Crippen LogP contribution in [0.5, 0.6) is 0 Å². The number of allylic oxidation sites excluding steroid dienone is 3. The zero-order valence-corrected chi connectivity index (χ0v) is 18.1. The Morgan fingerprint density at radius 3 is 2.60 bits per heavy atom. The number of hydrogen-bond acceptors (Lipinski definition) is 6. The second-order valence-electron chi connectivity index (χ2n) is 8.10. The van der Waals surface area contributed by atoms with Crippen molar-refractivity contribution in [2.75, 3.05) is 13.2 Å². The van der Waals surface area contributed by atoms with E-state index in [1.165, 1.54) is 0 Å². The average Bonchev–Trinajstić information content (AvgIpc) is 2.99. The number of nitrogens with one attached hydrogen (secondary N) is 1. The first-order valence-electron chi connectivity index (χ1n) is 11.2. The number of unbranched alkanes of at least 4 members (excludes halogenated alkanes) is 3. The zero-order valence-electron chi connectivity index (χ0n) is 18.1. The van der Waals surface area contributed by atoms with Crippen molar-refractivity contribution >= 4 is 11.7 Å². The van der Waals surface area contributed by atoms with Gasteiger partial charge in [-0.25, -0.2) is 0 Å². The summed E-state index contributed by atoms with van der Waals surface area (Å²) in [7, 11) is 0. The minimum Gasteiger partial charge on any atom is -0.394 e. The molecule has 0 heterocycles. The number of rotatable bonds is 15. The van der Waals surface area contributed by atoms with Crippen LogP contribution >= 0.6 is 0 Å². The molecule has 0 saturated heterocycles. The second kappa shape index (κ2) is 15.3. The lowest BCUT2D eigenvalue weighted by Gasteiger charge is -2.17. The first-order valence-corrected chi connectivity index (χ1v) is 11.2.